The van der Waals surface area contributed by atoms with E-state index in [-0.39, 0.29) is 12.1 Å². The molecule has 37 heavy (non-hydrogen) atoms. The SMILES string of the molecule is CC#CCn1c(N2CCNCC2)nc2c1c(=O)n(Cc1ccccc1Cl)c(=O)n2C.O=C(O)C(F)(F)F. The van der Waals surface area contributed by atoms with Crippen molar-refractivity contribution in [2.45, 2.75) is 26.2 Å². The van der Waals surface area contributed by atoms with Gasteiger partial charge in [-0.2, -0.15) is 18.2 Å². The van der Waals surface area contributed by atoms with Gasteiger partial charge in [-0.25, -0.2) is 9.59 Å². The van der Waals surface area contributed by atoms with Crippen molar-refractivity contribution in [3.8, 4) is 11.8 Å². The smallest absolute Gasteiger partial charge is 0.475 e. The van der Waals surface area contributed by atoms with Gasteiger partial charge in [-0.3, -0.25) is 18.5 Å². The number of aryl methyl sites for hydroxylation is 1. The van der Waals surface area contributed by atoms with Gasteiger partial charge in [0.05, 0.1) is 13.1 Å². The number of anilines is 1. The normalized spacial score (nSPS) is 13.5. The van der Waals surface area contributed by atoms with Crippen LogP contribution in [0.5, 0.6) is 0 Å². The zero-order chi connectivity index (χ0) is 27.3. The second-order valence-electron chi connectivity index (χ2n) is 7.96. The minimum Gasteiger partial charge on any atom is -0.475 e. The highest BCUT2D eigenvalue weighted by Crippen LogP contribution is 2.21. The first-order valence-electron chi connectivity index (χ1n) is 11.1. The summed E-state index contributed by atoms with van der Waals surface area (Å²) in [5.41, 5.74) is 0.636. The standard InChI is InChI=1S/C21H23ClN6O2.C2HF3O2/c1-3-4-11-27-17-18(24-20(27)26-12-9-23-10-13-26)25(2)21(30)28(19(17)29)14-15-7-5-6-8-16(15)22;3-2(4,5)1(6)7/h5-8,23H,9-14H2,1-2H3;(H,6,7). The molecule has 2 aromatic heterocycles. The summed E-state index contributed by atoms with van der Waals surface area (Å²) in [5.74, 6) is 3.83. The Morgan fingerprint density at radius 3 is 2.38 bits per heavy atom. The van der Waals surface area contributed by atoms with Crippen LogP contribution in [0.15, 0.2) is 33.9 Å². The number of nitrogens with one attached hydrogen (secondary N) is 1. The number of hydrogen-bond donors (Lipinski definition) is 2. The number of carboxylic acids is 1. The molecule has 0 aliphatic carbocycles. The number of aromatic nitrogens is 4. The minimum atomic E-state index is -5.08. The second-order valence-corrected chi connectivity index (χ2v) is 8.37. The van der Waals surface area contributed by atoms with E-state index in [1.165, 1.54) is 9.13 Å². The average molecular weight is 541 g/mol. The summed E-state index contributed by atoms with van der Waals surface area (Å²) in [5, 5.41) is 11.0. The van der Waals surface area contributed by atoms with Crippen molar-refractivity contribution >= 4 is 34.7 Å². The highest BCUT2D eigenvalue weighted by molar-refractivity contribution is 6.31. The molecule has 0 atom stereocenters. The molecular weight excluding hydrogens is 517 g/mol. The number of fused-ring (bicyclic) bond motifs is 1. The summed E-state index contributed by atoms with van der Waals surface area (Å²) in [6.45, 7) is 5.38. The number of halogens is 4. The van der Waals surface area contributed by atoms with Crippen LogP contribution < -0.4 is 21.5 Å². The van der Waals surface area contributed by atoms with Crippen LogP contribution in [0, 0.1) is 11.8 Å². The van der Waals surface area contributed by atoms with Gasteiger partial charge in [0.15, 0.2) is 11.2 Å². The van der Waals surface area contributed by atoms with Crippen molar-refractivity contribution in [1.29, 1.82) is 0 Å². The summed E-state index contributed by atoms with van der Waals surface area (Å²) in [4.78, 5) is 42.2. The molecule has 1 aromatic carbocycles. The molecule has 0 unspecified atom stereocenters. The van der Waals surface area contributed by atoms with E-state index in [2.05, 4.69) is 22.1 Å². The molecular formula is C23H24ClF3N6O4. The van der Waals surface area contributed by atoms with Crippen LogP contribution >= 0.6 is 11.6 Å². The number of carboxylic acid groups (broad SMARTS) is 1. The Labute approximate surface area is 213 Å². The van der Waals surface area contributed by atoms with Crippen molar-refractivity contribution in [3.63, 3.8) is 0 Å². The Kier molecular flexibility index (Phi) is 8.67. The number of imidazole rings is 1. The molecule has 1 aliphatic rings. The number of aliphatic carboxylic acids is 1. The highest BCUT2D eigenvalue weighted by Gasteiger charge is 2.38. The number of carbonyl (C=O) groups is 1. The second kappa shape index (κ2) is 11.5. The largest absolute Gasteiger partial charge is 0.490 e. The summed E-state index contributed by atoms with van der Waals surface area (Å²) in [6, 6.07) is 7.20. The van der Waals surface area contributed by atoms with Crippen molar-refractivity contribution in [2.75, 3.05) is 31.1 Å². The molecule has 0 bridgehead atoms. The van der Waals surface area contributed by atoms with E-state index in [0.29, 0.717) is 34.2 Å². The van der Waals surface area contributed by atoms with Crippen LogP contribution in [-0.2, 0) is 24.9 Å². The van der Waals surface area contributed by atoms with Gasteiger partial charge in [0.2, 0.25) is 5.95 Å². The first-order valence-corrected chi connectivity index (χ1v) is 11.4. The van der Waals surface area contributed by atoms with E-state index in [0.717, 1.165) is 26.2 Å². The monoisotopic (exact) mass is 540 g/mol. The third-order valence-corrected chi connectivity index (χ3v) is 5.92. The molecule has 1 aliphatic heterocycles. The lowest BCUT2D eigenvalue weighted by atomic mass is 10.2. The van der Waals surface area contributed by atoms with E-state index in [1.807, 2.05) is 22.8 Å². The number of alkyl halides is 3. The average Bonchev–Trinajstić information content (AvgIpc) is 3.25. The molecule has 1 saturated heterocycles. The predicted octanol–water partition coefficient (Wildman–Crippen LogP) is 1.66. The molecule has 14 heteroatoms. The summed E-state index contributed by atoms with van der Waals surface area (Å²) < 4.78 is 36.2. The number of nitrogens with zero attached hydrogens (tertiary/aromatic N) is 5. The van der Waals surface area contributed by atoms with Crippen molar-refractivity contribution in [3.05, 3.63) is 55.7 Å². The maximum absolute atomic E-state index is 13.5. The molecule has 10 nitrogen and oxygen atoms in total. The predicted molar refractivity (Wildman–Crippen MR) is 132 cm³/mol. The van der Waals surface area contributed by atoms with Gasteiger partial charge < -0.3 is 15.3 Å². The van der Waals surface area contributed by atoms with E-state index in [9.17, 15) is 22.8 Å². The fourth-order valence-corrected chi connectivity index (χ4v) is 3.91. The maximum atomic E-state index is 13.5. The molecule has 0 amide bonds. The van der Waals surface area contributed by atoms with Crippen LogP contribution in [0.4, 0.5) is 19.1 Å². The lowest BCUT2D eigenvalue weighted by molar-refractivity contribution is -0.192. The van der Waals surface area contributed by atoms with Crippen LogP contribution in [0.3, 0.4) is 0 Å². The van der Waals surface area contributed by atoms with Crippen LogP contribution in [-0.4, -0.2) is 62.1 Å². The first-order chi connectivity index (χ1) is 17.5. The third kappa shape index (κ3) is 6.15. The van der Waals surface area contributed by atoms with E-state index in [4.69, 9.17) is 26.5 Å². The summed E-state index contributed by atoms with van der Waals surface area (Å²) >= 11 is 6.27. The lowest BCUT2D eigenvalue weighted by Gasteiger charge is -2.28. The van der Waals surface area contributed by atoms with Gasteiger partial charge in [-0.05, 0) is 18.6 Å². The zero-order valence-electron chi connectivity index (χ0n) is 20.0. The Morgan fingerprint density at radius 1 is 1.19 bits per heavy atom. The molecule has 1 fully saturated rings. The van der Waals surface area contributed by atoms with E-state index >= 15 is 0 Å². The fourth-order valence-electron chi connectivity index (χ4n) is 3.71. The molecule has 4 rings (SSSR count). The molecule has 0 radical (unpaired) electrons. The zero-order valence-corrected chi connectivity index (χ0v) is 20.7. The Balaban J connectivity index is 0.000000479. The van der Waals surface area contributed by atoms with Gasteiger partial charge in [0.1, 0.15) is 0 Å². The third-order valence-electron chi connectivity index (χ3n) is 5.55. The fraction of sp³-hybridized carbons (Fsp3) is 0.391. The summed E-state index contributed by atoms with van der Waals surface area (Å²) in [7, 11) is 1.64. The quantitative estimate of drug-likeness (QED) is 0.484. The van der Waals surface area contributed by atoms with Crippen molar-refractivity contribution < 1.29 is 23.1 Å². The minimum absolute atomic E-state index is 0.0920. The summed E-state index contributed by atoms with van der Waals surface area (Å²) in [6.07, 6.45) is -5.08. The number of benzene rings is 1. The molecule has 2 N–H and O–H groups in total. The number of piperazine rings is 1. The van der Waals surface area contributed by atoms with Crippen LogP contribution in [0.25, 0.3) is 11.2 Å². The number of rotatable bonds is 4. The van der Waals surface area contributed by atoms with Gasteiger partial charge in [-0.1, -0.05) is 35.7 Å². The van der Waals surface area contributed by atoms with Gasteiger partial charge in [-0.15, -0.1) is 5.92 Å². The maximum Gasteiger partial charge on any atom is 0.490 e. The Bertz CT molecular complexity index is 1480. The Hall–Kier alpha value is -3.76. The highest BCUT2D eigenvalue weighted by atomic mass is 35.5. The number of hydrogen-bond acceptors (Lipinski definition) is 6. The lowest BCUT2D eigenvalue weighted by Crippen LogP contribution is -2.44. The van der Waals surface area contributed by atoms with Gasteiger partial charge in [0, 0.05) is 38.2 Å². The first kappa shape index (κ1) is 27.8. The molecule has 0 saturated carbocycles. The van der Waals surface area contributed by atoms with Crippen LogP contribution in [0.1, 0.15) is 12.5 Å². The van der Waals surface area contributed by atoms with Crippen molar-refractivity contribution in [2.24, 2.45) is 7.05 Å². The molecule has 3 aromatic rings. The van der Waals surface area contributed by atoms with E-state index in [1.54, 1.807) is 20.0 Å². The van der Waals surface area contributed by atoms with Crippen LogP contribution in [0.2, 0.25) is 5.02 Å². The van der Waals surface area contributed by atoms with Gasteiger partial charge >= 0.3 is 17.8 Å². The topological polar surface area (TPSA) is 114 Å². The molecule has 3 heterocycles. The van der Waals surface area contributed by atoms with Gasteiger partial charge in [0.25, 0.3) is 5.56 Å². The van der Waals surface area contributed by atoms with Crippen molar-refractivity contribution in [1.82, 2.24) is 24.0 Å². The molecule has 198 valence electrons. The van der Waals surface area contributed by atoms with E-state index < -0.39 is 17.8 Å². The Morgan fingerprint density at radius 2 is 1.81 bits per heavy atom. The molecule has 0 spiro atoms.